The summed E-state index contributed by atoms with van der Waals surface area (Å²) in [5, 5.41) is 0. The number of hydrogen-bond acceptors (Lipinski definition) is 8. The number of methoxy groups -OCH3 is 1. The van der Waals surface area contributed by atoms with E-state index in [-0.39, 0.29) is 23.3 Å². The van der Waals surface area contributed by atoms with Gasteiger partial charge in [0.2, 0.25) is 5.91 Å². The van der Waals surface area contributed by atoms with E-state index >= 15 is 0 Å². The number of carbonyl (C=O) groups is 4. The van der Waals surface area contributed by atoms with E-state index in [0.29, 0.717) is 0 Å². The lowest BCUT2D eigenvalue weighted by atomic mass is 9.98. The van der Waals surface area contributed by atoms with Gasteiger partial charge in [0.05, 0.1) is 17.7 Å². The zero-order valence-electron chi connectivity index (χ0n) is 20.9. The van der Waals surface area contributed by atoms with Crippen molar-refractivity contribution < 1.29 is 38.1 Å². The Morgan fingerprint density at radius 3 is 1.61 bits per heavy atom. The first kappa shape index (κ1) is 26.7. The largest absolute Gasteiger partial charge is 0.452 e. The second kappa shape index (κ2) is 12.3. The third kappa shape index (κ3) is 5.96. The molecule has 2 amide bonds. The molecule has 3 aromatic carbocycles. The van der Waals surface area contributed by atoms with Crippen LogP contribution >= 0.6 is 0 Å². The van der Waals surface area contributed by atoms with E-state index in [0.717, 1.165) is 4.90 Å². The van der Waals surface area contributed by atoms with Crippen LogP contribution in [0.25, 0.3) is 0 Å². The van der Waals surface area contributed by atoms with Crippen LogP contribution in [0.1, 0.15) is 38.0 Å². The van der Waals surface area contributed by atoms with Crippen molar-refractivity contribution in [3.63, 3.8) is 0 Å². The average molecular weight is 518 g/mol. The lowest BCUT2D eigenvalue weighted by Crippen LogP contribution is -2.64. The van der Waals surface area contributed by atoms with Gasteiger partial charge in [-0.2, -0.15) is 0 Å². The van der Waals surface area contributed by atoms with Gasteiger partial charge in [0, 0.05) is 19.6 Å². The van der Waals surface area contributed by atoms with E-state index in [2.05, 4.69) is 0 Å². The van der Waals surface area contributed by atoms with Gasteiger partial charge in [-0.05, 0) is 36.4 Å². The zero-order valence-corrected chi connectivity index (χ0v) is 20.9. The molecule has 4 rings (SSSR count). The molecule has 0 bridgehead atoms. The standard InChI is InChI=1S/C29H27NO8/c1-19(31)30(26(32)20-12-6-3-7-13-20)23-18-36-29(35-2)25(38-28(34)22-16-10-5-11-17-22)24(23)37-27(33)21-14-8-4-9-15-21/h3-17,23-25,29H,18H2,1-2H3/t23-,24+,25+,29-/m0/s1. The van der Waals surface area contributed by atoms with Crippen LogP contribution in [0.15, 0.2) is 91.0 Å². The van der Waals surface area contributed by atoms with E-state index < -0.39 is 48.3 Å². The highest BCUT2D eigenvalue weighted by Crippen LogP contribution is 2.28. The number of rotatable bonds is 7. The maximum atomic E-state index is 13.5. The van der Waals surface area contributed by atoms with E-state index in [1.54, 1.807) is 91.0 Å². The van der Waals surface area contributed by atoms with Gasteiger partial charge >= 0.3 is 11.9 Å². The molecule has 1 saturated heterocycles. The third-order valence-electron chi connectivity index (χ3n) is 6.05. The number of ether oxygens (including phenoxy) is 4. The molecule has 0 spiro atoms. The number of amides is 2. The van der Waals surface area contributed by atoms with Crippen molar-refractivity contribution in [1.82, 2.24) is 4.90 Å². The predicted molar refractivity (Wildman–Crippen MR) is 135 cm³/mol. The minimum Gasteiger partial charge on any atom is -0.452 e. The fraction of sp³-hybridized carbons (Fsp3) is 0.241. The molecule has 1 aliphatic heterocycles. The first-order valence-corrected chi connectivity index (χ1v) is 12.0. The molecule has 1 aliphatic rings. The Morgan fingerprint density at radius 2 is 1.16 bits per heavy atom. The van der Waals surface area contributed by atoms with Crippen molar-refractivity contribution in [1.29, 1.82) is 0 Å². The summed E-state index contributed by atoms with van der Waals surface area (Å²) >= 11 is 0. The molecule has 9 nitrogen and oxygen atoms in total. The van der Waals surface area contributed by atoms with E-state index in [1.807, 2.05) is 0 Å². The minimum absolute atomic E-state index is 0.219. The Labute approximate surface area is 219 Å². The second-order valence-electron chi connectivity index (χ2n) is 8.54. The van der Waals surface area contributed by atoms with Crippen molar-refractivity contribution in [3.05, 3.63) is 108 Å². The Bertz CT molecular complexity index is 1270. The van der Waals surface area contributed by atoms with Crippen molar-refractivity contribution in [2.24, 2.45) is 0 Å². The highest BCUT2D eigenvalue weighted by Gasteiger charge is 2.50. The monoisotopic (exact) mass is 517 g/mol. The van der Waals surface area contributed by atoms with Gasteiger partial charge in [0.15, 0.2) is 18.5 Å². The van der Waals surface area contributed by atoms with E-state index in [1.165, 1.54) is 14.0 Å². The van der Waals surface area contributed by atoms with Gasteiger partial charge in [-0.25, -0.2) is 9.59 Å². The SMILES string of the molecule is CO[C@H]1OC[C@H](N(C(C)=O)C(=O)c2ccccc2)[C@@H](OC(=O)c2ccccc2)[C@H]1OC(=O)c1ccccc1. The summed E-state index contributed by atoms with van der Waals surface area (Å²) in [6.45, 7) is 1.01. The minimum atomic E-state index is -1.30. The van der Waals surface area contributed by atoms with Gasteiger partial charge < -0.3 is 18.9 Å². The van der Waals surface area contributed by atoms with Crippen LogP contribution < -0.4 is 0 Å². The van der Waals surface area contributed by atoms with Crippen LogP contribution in [0.3, 0.4) is 0 Å². The Hall–Kier alpha value is -4.34. The number of imide groups is 1. The molecule has 1 heterocycles. The lowest BCUT2D eigenvalue weighted by molar-refractivity contribution is -0.247. The summed E-state index contributed by atoms with van der Waals surface area (Å²) in [5.41, 5.74) is 0.743. The van der Waals surface area contributed by atoms with Gasteiger partial charge in [0.25, 0.3) is 5.91 Å². The summed E-state index contributed by atoms with van der Waals surface area (Å²) in [7, 11) is 1.35. The molecular weight excluding hydrogens is 490 g/mol. The van der Waals surface area contributed by atoms with E-state index in [9.17, 15) is 19.2 Å². The average Bonchev–Trinajstić information content (AvgIpc) is 2.95. The topological polar surface area (TPSA) is 108 Å². The van der Waals surface area contributed by atoms with Gasteiger partial charge in [0.1, 0.15) is 6.04 Å². The normalized spacial score (nSPS) is 20.7. The van der Waals surface area contributed by atoms with Gasteiger partial charge in [-0.1, -0.05) is 54.6 Å². The molecule has 1 fully saturated rings. The quantitative estimate of drug-likeness (QED) is 0.438. The molecule has 0 N–H and O–H groups in total. The number of nitrogens with zero attached hydrogens (tertiary/aromatic N) is 1. The van der Waals surface area contributed by atoms with Crippen molar-refractivity contribution in [2.45, 2.75) is 31.5 Å². The van der Waals surface area contributed by atoms with Gasteiger partial charge in [-0.3, -0.25) is 14.5 Å². The van der Waals surface area contributed by atoms with Gasteiger partial charge in [-0.15, -0.1) is 0 Å². The molecule has 0 aliphatic carbocycles. The number of carbonyl (C=O) groups excluding carboxylic acids is 4. The summed E-state index contributed by atoms with van der Waals surface area (Å²) in [6, 6.07) is 23.5. The number of esters is 2. The maximum Gasteiger partial charge on any atom is 0.338 e. The van der Waals surface area contributed by atoms with Crippen molar-refractivity contribution in [2.75, 3.05) is 13.7 Å². The zero-order chi connectivity index (χ0) is 27.1. The number of hydrogen-bond donors (Lipinski definition) is 0. The van der Waals surface area contributed by atoms with Crippen LogP contribution in [-0.4, -0.2) is 66.9 Å². The maximum absolute atomic E-state index is 13.5. The number of benzene rings is 3. The Morgan fingerprint density at radius 1 is 0.711 bits per heavy atom. The smallest absolute Gasteiger partial charge is 0.338 e. The first-order valence-electron chi connectivity index (χ1n) is 12.0. The van der Waals surface area contributed by atoms with Crippen LogP contribution in [0.4, 0.5) is 0 Å². The molecule has 0 unspecified atom stereocenters. The van der Waals surface area contributed by atoms with Crippen molar-refractivity contribution >= 4 is 23.8 Å². The lowest BCUT2D eigenvalue weighted by Gasteiger charge is -2.43. The molecule has 0 saturated carbocycles. The summed E-state index contributed by atoms with van der Waals surface area (Å²) < 4.78 is 22.8. The van der Waals surface area contributed by atoms with Crippen LogP contribution in [0, 0.1) is 0 Å². The van der Waals surface area contributed by atoms with Crippen LogP contribution in [-0.2, 0) is 23.7 Å². The second-order valence-corrected chi connectivity index (χ2v) is 8.54. The summed E-state index contributed by atoms with van der Waals surface area (Å²) in [5.74, 6) is -2.66. The fourth-order valence-electron chi connectivity index (χ4n) is 4.23. The van der Waals surface area contributed by atoms with Crippen molar-refractivity contribution in [3.8, 4) is 0 Å². The first-order chi connectivity index (χ1) is 18.4. The van der Waals surface area contributed by atoms with E-state index in [4.69, 9.17) is 18.9 Å². The van der Waals surface area contributed by atoms with Crippen LogP contribution in [0.2, 0.25) is 0 Å². The predicted octanol–water partition coefficient (Wildman–Crippen LogP) is 3.50. The molecule has 38 heavy (non-hydrogen) atoms. The Balaban J connectivity index is 1.73. The summed E-state index contributed by atoms with van der Waals surface area (Å²) in [6.07, 6.45) is -3.73. The molecule has 3 aromatic rings. The molecule has 196 valence electrons. The fourth-order valence-corrected chi connectivity index (χ4v) is 4.23. The third-order valence-corrected chi connectivity index (χ3v) is 6.05. The molecule has 0 radical (unpaired) electrons. The molecular formula is C29H27NO8. The highest BCUT2D eigenvalue weighted by atomic mass is 16.7. The van der Waals surface area contributed by atoms with Crippen LogP contribution in [0.5, 0.6) is 0 Å². The summed E-state index contributed by atoms with van der Waals surface area (Å²) in [4.78, 5) is 53.4. The highest BCUT2D eigenvalue weighted by molar-refractivity contribution is 6.04. The molecule has 4 atom stereocenters. The Kier molecular flexibility index (Phi) is 8.62. The molecule has 9 heteroatoms. The molecule has 0 aromatic heterocycles.